The molecule has 1 saturated carbocycles. The van der Waals surface area contributed by atoms with Crippen LogP contribution in [0.1, 0.15) is 38.8 Å². The molecule has 18 heteroatoms. The molecular weight excluding hydrogens is 555 g/mol. The van der Waals surface area contributed by atoms with Crippen LogP contribution in [-0.4, -0.2) is 74.8 Å². The Morgan fingerprint density at radius 2 is 2.10 bits per heavy atom. The molecule has 2 aliphatic rings. The summed E-state index contributed by atoms with van der Waals surface area (Å²) >= 11 is 0. The third-order valence-electron chi connectivity index (χ3n) is 6.32. The number of aliphatic hydroxyl groups excluding tert-OH is 2. The molecule has 1 unspecified atom stereocenters. The number of hydrogen-bond acceptors (Lipinski definition) is 15. The summed E-state index contributed by atoms with van der Waals surface area (Å²) in [5.74, 6) is -0.988. The van der Waals surface area contributed by atoms with Gasteiger partial charge in [-0.15, -0.1) is 0 Å². The minimum absolute atomic E-state index is 0.0391. The third kappa shape index (κ3) is 6.03. The molecule has 2 fully saturated rings. The fourth-order valence-electron chi connectivity index (χ4n) is 4.01. The van der Waals surface area contributed by atoms with Gasteiger partial charge in [-0.25, -0.2) is 18.9 Å². The molecule has 5 N–H and O–H groups in total. The van der Waals surface area contributed by atoms with Gasteiger partial charge in [0.1, 0.15) is 36.2 Å². The van der Waals surface area contributed by atoms with Crippen LogP contribution in [0, 0.1) is 17.2 Å². The number of nitriles is 1. The number of nitrogens with zero attached hydrogens (tertiary/aromatic N) is 4. The molecule has 0 radical (unpaired) electrons. The third-order valence-corrected chi connectivity index (χ3v) is 7.57. The lowest BCUT2D eigenvalue weighted by Gasteiger charge is -2.25. The highest BCUT2D eigenvalue weighted by Crippen LogP contribution is 2.47. The van der Waals surface area contributed by atoms with Crippen molar-refractivity contribution in [2.45, 2.75) is 63.1 Å². The molecule has 0 bridgehead atoms. The Labute approximate surface area is 227 Å². The number of fused-ring (bicyclic) bond motifs is 1. The number of rotatable bonds is 11. The van der Waals surface area contributed by atoms with E-state index in [0.29, 0.717) is 18.4 Å². The monoisotopic (exact) mass is 584 g/mol. The van der Waals surface area contributed by atoms with Crippen molar-refractivity contribution >= 4 is 31.2 Å². The molecule has 17 nitrogen and oxygen atoms in total. The molecule has 3 heterocycles. The van der Waals surface area contributed by atoms with Gasteiger partial charge >= 0.3 is 19.9 Å². The minimum atomic E-state index is -4.57. The van der Waals surface area contributed by atoms with Crippen LogP contribution in [-0.2, 0) is 43.1 Å². The number of nitrogens with two attached hydrogens (primary N) is 1. The van der Waals surface area contributed by atoms with Gasteiger partial charge in [-0.3, -0.25) is 13.8 Å². The maximum atomic E-state index is 13.3. The van der Waals surface area contributed by atoms with Gasteiger partial charge in [-0.2, -0.15) is 10.4 Å². The highest BCUT2D eigenvalue weighted by Gasteiger charge is 2.58. The van der Waals surface area contributed by atoms with Crippen LogP contribution in [0.25, 0.3) is 5.52 Å². The van der Waals surface area contributed by atoms with Crippen molar-refractivity contribution in [3.8, 4) is 6.07 Å². The molecule has 0 spiro atoms. The van der Waals surface area contributed by atoms with Crippen LogP contribution >= 0.6 is 7.75 Å². The first-order chi connectivity index (χ1) is 19.0. The average Bonchev–Trinajstić information content (AvgIpc) is 3.41. The Morgan fingerprint density at radius 3 is 2.75 bits per heavy atom. The summed E-state index contributed by atoms with van der Waals surface area (Å²) in [4.78, 5) is 32.5. The molecule has 4 rings (SSSR count). The number of hydrogen-bond donors (Lipinski definition) is 4. The molecule has 1 aliphatic heterocycles. The SMILES string of the molecule is CC(C)OC(=O)OCOP(=O)(NOC(=O)C1CCC1)OC[C@H]1O[C@@](C#N)(c2ccc3c(N)ncnn23)[C@H](O)[C@@H]1O. The van der Waals surface area contributed by atoms with Crippen LogP contribution in [0.5, 0.6) is 0 Å². The van der Waals surface area contributed by atoms with E-state index in [1.807, 2.05) is 11.3 Å². The van der Waals surface area contributed by atoms with Gasteiger partial charge in [0, 0.05) is 0 Å². The van der Waals surface area contributed by atoms with Gasteiger partial charge in [-0.1, -0.05) is 11.7 Å². The van der Waals surface area contributed by atoms with Gasteiger partial charge in [0.25, 0.3) is 0 Å². The van der Waals surface area contributed by atoms with E-state index in [-0.39, 0.29) is 17.4 Å². The zero-order chi connectivity index (χ0) is 29.1. The molecule has 1 saturated heterocycles. The van der Waals surface area contributed by atoms with Crippen molar-refractivity contribution in [2.75, 3.05) is 19.1 Å². The quantitative estimate of drug-likeness (QED) is 0.123. The smallest absolute Gasteiger partial charge is 0.432 e. The Balaban J connectivity index is 1.47. The number of ether oxygens (including phenoxy) is 3. The normalized spacial score (nSPS) is 26.1. The number of aromatic nitrogens is 3. The fraction of sp³-hybridized carbons (Fsp3) is 0.591. The van der Waals surface area contributed by atoms with E-state index < -0.39 is 63.3 Å². The van der Waals surface area contributed by atoms with E-state index in [9.17, 15) is 29.6 Å². The summed E-state index contributed by atoms with van der Waals surface area (Å²) in [7, 11) is -4.57. The summed E-state index contributed by atoms with van der Waals surface area (Å²) in [5.41, 5.74) is 4.07. The van der Waals surface area contributed by atoms with E-state index >= 15 is 0 Å². The molecule has 0 amide bonds. The zero-order valence-electron chi connectivity index (χ0n) is 21.5. The first-order valence-electron chi connectivity index (χ1n) is 12.2. The predicted molar refractivity (Wildman–Crippen MR) is 130 cm³/mol. The first-order valence-corrected chi connectivity index (χ1v) is 13.8. The van der Waals surface area contributed by atoms with Crippen molar-refractivity contribution in [1.29, 1.82) is 5.26 Å². The number of carbonyl (C=O) groups excluding carboxylic acids is 2. The highest BCUT2D eigenvalue weighted by atomic mass is 31.2. The van der Waals surface area contributed by atoms with Gasteiger partial charge in [0.15, 0.2) is 5.82 Å². The Morgan fingerprint density at radius 1 is 1.35 bits per heavy atom. The largest absolute Gasteiger partial charge is 0.510 e. The fourth-order valence-corrected chi connectivity index (χ4v) is 4.93. The Kier molecular flexibility index (Phi) is 8.90. The summed E-state index contributed by atoms with van der Waals surface area (Å²) in [5, 5.41) is 37.6. The van der Waals surface area contributed by atoms with Crippen molar-refractivity contribution in [2.24, 2.45) is 5.92 Å². The average molecular weight is 584 g/mol. The van der Waals surface area contributed by atoms with Gasteiger partial charge in [-0.05, 0) is 38.8 Å². The minimum Gasteiger partial charge on any atom is -0.432 e. The lowest BCUT2D eigenvalue weighted by atomic mass is 9.86. The molecule has 40 heavy (non-hydrogen) atoms. The van der Waals surface area contributed by atoms with Crippen molar-refractivity contribution in [1.82, 2.24) is 19.8 Å². The van der Waals surface area contributed by atoms with Gasteiger partial charge in [0.05, 0.1) is 24.3 Å². The predicted octanol–water partition coefficient (Wildman–Crippen LogP) is 0.659. The van der Waals surface area contributed by atoms with Crippen LogP contribution < -0.4 is 11.0 Å². The standard InChI is InChI=1S/C22H29N6O11P/c1-12(2)37-21(32)34-11-36-40(33,27-39-20(31)13-4-3-5-13)35-8-15-17(29)18(30)22(9-23,38-15)16-7-6-14-19(24)25-10-26-28(14)16/h6-7,10,12-13,15,17-18,29-30H,3-5,8,11H2,1-2H3,(H,27,33)(H2,24,25,26)/t15-,17-,18-,22+,40?/m1/s1. The molecular formula is C22H29N6O11P. The van der Waals surface area contributed by atoms with Crippen molar-refractivity contribution < 1.29 is 52.5 Å². The molecule has 218 valence electrons. The molecule has 1 aliphatic carbocycles. The number of carbonyl (C=O) groups is 2. The van der Waals surface area contributed by atoms with Gasteiger partial charge in [0.2, 0.25) is 12.4 Å². The Hall–Kier alpha value is -3.36. The number of nitrogen functional groups attached to an aromatic ring is 1. The summed E-state index contributed by atoms with van der Waals surface area (Å²) in [6.07, 6.45) is -3.40. The van der Waals surface area contributed by atoms with E-state index in [4.69, 9.17) is 33.8 Å². The summed E-state index contributed by atoms with van der Waals surface area (Å²) in [6.45, 7) is 1.51. The van der Waals surface area contributed by atoms with Crippen LogP contribution in [0.4, 0.5) is 10.6 Å². The second-order valence-corrected chi connectivity index (χ2v) is 11.0. The second-order valence-electron chi connectivity index (χ2n) is 9.34. The Bertz CT molecular complexity index is 1330. The number of nitrogens with one attached hydrogen (secondary N) is 1. The number of aliphatic hydroxyl groups is 2. The lowest BCUT2D eigenvalue weighted by Crippen LogP contribution is -2.41. The van der Waals surface area contributed by atoms with E-state index in [1.165, 1.54) is 16.6 Å². The molecule has 0 aromatic carbocycles. The maximum absolute atomic E-state index is 13.3. The van der Waals surface area contributed by atoms with Crippen molar-refractivity contribution in [3.05, 3.63) is 24.2 Å². The maximum Gasteiger partial charge on any atom is 0.510 e. The zero-order valence-corrected chi connectivity index (χ0v) is 22.4. The van der Waals surface area contributed by atoms with Crippen LogP contribution in [0.15, 0.2) is 18.5 Å². The van der Waals surface area contributed by atoms with E-state index in [1.54, 1.807) is 13.8 Å². The number of anilines is 1. The van der Waals surface area contributed by atoms with Gasteiger partial charge < -0.3 is 35.0 Å². The highest BCUT2D eigenvalue weighted by molar-refractivity contribution is 7.51. The van der Waals surface area contributed by atoms with E-state index in [2.05, 4.69) is 10.1 Å². The molecule has 5 atom stereocenters. The van der Waals surface area contributed by atoms with Crippen LogP contribution in [0.2, 0.25) is 0 Å². The lowest BCUT2D eigenvalue weighted by molar-refractivity contribution is -0.156. The summed E-state index contributed by atoms with van der Waals surface area (Å²) < 4.78 is 40.1. The summed E-state index contributed by atoms with van der Waals surface area (Å²) in [6, 6.07) is 4.79. The molecule has 2 aromatic heterocycles. The van der Waals surface area contributed by atoms with Crippen LogP contribution in [0.3, 0.4) is 0 Å². The van der Waals surface area contributed by atoms with E-state index in [0.717, 1.165) is 12.7 Å². The molecule has 2 aromatic rings. The topological polar surface area (TPSA) is 239 Å². The second kappa shape index (κ2) is 12.0. The first kappa shape index (κ1) is 29.6. The van der Waals surface area contributed by atoms with Crippen molar-refractivity contribution in [3.63, 3.8) is 0 Å².